The molecule has 3 rings (SSSR count). The largest absolute Gasteiger partial charge is 0.477 e. The topological polar surface area (TPSA) is 78.0 Å². The highest BCUT2D eigenvalue weighted by molar-refractivity contribution is 6.00. The number of carbonyl (C=O) groups is 1. The van der Waals surface area contributed by atoms with E-state index < -0.39 is 5.97 Å². The molecule has 0 saturated heterocycles. The van der Waals surface area contributed by atoms with Gasteiger partial charge >= 0.3 is 5.97 Å². The molecule has 0 spiro atoms. The maximum absolute atomic E-state index is 11.6. The van der Waals surface area contributed by atoms with E-state index in [1.165, 1.54) is 0 Å². The Bertz CT molecular complexity index is 793. The highest BCUT2D eigenvalue weighted by atomic mass is 16.4. The van der Waals surface area contributed by atoms with Crippen LogP contribution in [-0.2, 0) is 0 Å². The molecule has 2 aromatic carbocycles. The molecule has 0 unspecified atom stereocenters. The van der Waals surface area contributed by atoms with Crippen molar-refractivity contribution in [3.63, 3.8) is 0 Å². The second-order valence-electron chi connectivity index (χ2n) is 4.98. The summed E-state index contributed by atoms with van der Waals surface area (Å²) in [5.41, 5.74) is 3.33. The third-order valence-electron chi connectivity index (χ3n) is 3.36. The molecule has 0 saturated carbocycles. The molecule has 0 fully saturated rings. The number of benzene rings is 2. The molecule has 1 aromatic heterocycles. The van der Waals surface area contributed by atoms with Gasteiger partial charge in [-0.3, -0.25) is 5.10 Å². The fraction of sp³-hybridized carbons (Fsp3) is 0.0588. The Morgan fingerprint density at radius 1 is 1.09 bits per heavy atom. The van der Waals surface area contributed by atoms with E-state index >= 15 is 0 Å². The maximum atomic E-state index is 11.6. The minimum atomic E-state index is -1.03. The van der Waals surface area contributed by atoms with E-state index in [2.05, 4.69) is 15.5 Å². The Morgan fingerprint density at radius 2 is 1.77 bits per heavy atom. The predicted octanol–water partition coefficient (Wildman–Crippen LogP) is 3.83. The quantitative estimate of drug-likeness (QED) is 0.683. The van der Waals surface area contributed by atoms with Gasteiger partial charge in [0, 0.05) is 11.3 Å². The van der Waals surface area contributed by atoms with Crippen molar-refractivity contribution >= 4 is 17.5 Å². The fourth-order valence-electron chi connectivity index (χ4n) is 2.23. The van der Waals surface area contributed by atoms with Gasteiger partial charge in [-0.2, -0.15) is 5.10 Å². The number of aromatic nitrogens is 2. The van der Waals surface area contributed by atoms with Gasteiger partial charge in [0.05, 0.1) is 5.69 Å². The first-order chi connectivity index (χ1) is 10.6. The zero-order valence-corrected chi connectivity index (χ0v) is 12.0. The molecule has 0 amide bonds. The maximum Gasteiger partial charge on any atom is 0.341 e. The minimum Gasteiger partial charge on any atom is -0.477 e. The number of H-pyrrole nitrogens is 1. The molecular weight excluding hydrogens is 278 g/mol. The van der Waals surface area contributed by atoms with Crippen molar-refractivity contribution < 1.29 is 9.90 Å². The summed E-state index contributed by atoms with van der Waals surface area (Å²) >= 11 is 0. The average molecular weight is 293 g/mol. The molecule has 0 radical (unpaired) electrons. The molecule has 5 nitrogen and oxygen atoms in total. The first kappa shape index (κ1) is 13.9. The lowest BCUT2D eigenvalue weighted by molar-refractivity contribution is 0.0699. The lowest BCUT2D eigenvalue weighted by atomic mass is 10.1. The summed E-state index contributed by atoms with van der Waals surface area (Å²) in [4.78, 5) is 11.6. The minimum absolute atomic E-state index is 0.131. The van der Waals surface area contributed by atoms with Crippen LogP contribution >= 0.6 is 0 Å². The molecule has 0 aliphatic heterocycles. The summed E-state index contributed by atoms with van der Waals surface area (Å²) in [5, 5.41) is 19.5. The first-order valence-electron chi connectivity index (χ1n) is 6.86. The van der Waals surface area contributed by atoms with E-state index in [0.717, 1.165) is 16.8 Å². The van der Waals surface area contributed by atoms with Crippen LogP contribution in [0.25, 0.3) is 11.3 Å². The van der Waals surface area contributed by atoms with Gasteiger partial charge < -0.3 is 10.4 Å². The van der Waals surface area contributed by atoms with Crippen molar-refractivity contribution in [1.82, 2.24) is 10.2 Å². The summed E-state index contributed by atoms with van der Waals surface area (Å²) in [7, 11) is 0. The van der Waals surface area contributed by atoms with Crippen LogP contribution in [0.15, 0.2) is 54.6 Å². The van der Waals surface area contributed by atoms with Crippen LogP contribution in [-0.4, -0.2) is 21.3 Å². The van der Waals surface area contributed by atoms with Gasteiger partial charge in [0.2, 0.25) is 0 Å². The van der Waals surface area contributed by atoms with Crippen LogP contribution in [0.2, 0.25) is 0 Å². The summed E-state index contributed by atoms with van der Waals surface area (Å²) in [6, 6.07) is 17.0. The Morgan fingerprint density at radius 3 is 2.41 bits per heavy atom. The fourth-order valence-corrected chi connectivity index (χ4v) is 2.23. The van der Waals surface area contributed by atoms with Crippen LogP contribution in [0.3, 0.4) is 0 Å². The number of aromatic carboxylic acids is 1. The summed E-state index contributed by atoms with van der Waals surface area (Å²) < 4.78 is 0. The predicted molar refractivity (Wildman–Crippen MR) is 85.4 cm³/mol. The van der Waals surface area contributed by atoms with Crippen molar-refractivity contribution in [3.8, 4) is 11.3 Å². The standard InChI is InChI=1S/C17H15N3O2/c1-11-7-9-13(10-8-11)18-16-14(17(21)22)15(19-20-16)12-5-3-2-4-6-12/h2-10H,1H3,(H,21,22)(H2,18,19,20). The summed E-state index contributed by atoms with van der Waals surface area (Å²) in [5.74, 6) is -0.725. The van der Waals surface area contributed by atoms with E-state index in [0.29, 0.717) is 11.5 Å². The Labute approximate surface area is 127 Å². The van der Waals surface area contributed by atoms with Gasteiger partial charge in [-0.05, 0) is 19.1 Å². The SMILES string of the molecule is Cc1ccc(Nc2n[nH]c(-c3ccccc3)c2C(=O)O)cc1. The van der Waals surface area contributed by atoms with Gasteiger partial charge in [-0.15, -0.1) is 0 Å². The van der Waals surface area contributed by atoms with Crippen LogP contribution in [0.1, 0.15) is 15.9 Å². The second-order valence-corrected chi connectivity index (χ2v) is 4.98. The smallest absolute Gasteiger partial charge is 0.341 e. The first-order valence-corrected chi connectivity index (χ1v) is 6.86. The number of hydrogen-bond donors (Lipinski definition) is 3. The average Bonchev–Trinajstić information content (AvgIpc) is 2.94. The number of carboxylic acid groups (broad SMARTS) is 1. The molecule has 0 aliphatic carbocycles. The molecule has 1 heterocycles. The summed E-state index contributed by atoms with van der Waals surface area (Å²) in [6.45, 7) is 1.99. The van der Waals surface area contributed by atoms with E-state index in [-0.39, 0.29) is 5.56 Å². The zero-order valence-electron chi connectivity index (χ0n) is 12.0. The third-order valence-corrected chi connectivity index (χ3v) is 3.36. The number of hydrogen-bond acceptors (Lipinski definition) is 3. The number of nitrogens with zero attached hydrogens (tertiary/aromatic N) is 1. The van der Waals surface area contributed by atoms with Crippen molar-refractivity contribution in [2.75, 3.05) is 5.32 Å². The number of aryl methyl sites for hydroxylation is 1. The van der Waals surface area contributed by atoms with Crippen molar-refractivity contribution in [1.29, 1.82) is 0 Å². The second kappa shape index (κ2) is 5.73. The summed E-state index contributed by atoms with van der Waals surface area (Å²) in [6.07, 6.45) is 0. The van der Waals surface area contributed by atoms with Crippen molar-refractivity contribution in [2.45, 2.75) is 6.92 Å². The van der Waals surface area contributed by atoms with Crippen LogP contribution in [0, 0.1) is 6.92 Å². The van der Waals surface area contributed by atoms with Crippen LogP contribution in [0.5, 0.6) is 0 Å². The van der Waals surface area contributed by atoms with Gasteiger partial charge in [0.15, 0.2) is 5.82 Å². The van der Waals surface area contributed by atoms with Gasteiger partial charge in [-0.1, -0.05) is 48.0 Å². The van der Waals surface area contributed by atoms with Crippen LogP contribution < -0.4 is 5.32 Å². The Balaban J connectivity index is 2.00. The highest BCUT2D eigenvalue weighted by Gasteiger charge is 2.21. The van der Waals surface area contributed by atoms with E-state index in [1.54, 1.807) is 0 Å². The molecule has 3 N–H and O–H groups in total. The van der Waals surface area contributed by atoms with E-state index in [4.69, 9.17) is 0 Å². The molecule has 3 aromatic rings. The lowest BCUT2D eigenvalue weighted by Gasteiger charge is -2.05. The van der Waals surface area contributed by atoms with Gasteiger partial charge in [0.25, 0.3) is 0 Å². The van der Waals surface area contributed by atoms with Crippen molar-refractivity contribution in [3.05, 3.63) is 65.7 Å². The number of rotatable bonds is 4. The highest BCUT2D eigenvalue weighted by Crippen LogP contribution is 2.28. The number of aromatic amines is 1. The van der Waals surface area contributed by atoms with Gasteiger partial charge in [-0.25, -0.2) is 4.79 Å². The van der Waals surface area contributed by atoms with Crippen molar-refractivity contribution in [2.24, 2.45) is 0 Å². The number of nitrogens with one attached hydrogen (secondary N) is 2. The Kier molecular flexibility index (Phi) is 3.62. The monoisotopic (exact) mass is 293 g/mol. The van der Waals surface area contributed by atoms with E-state index in [1.807, 2.05) is 61.5 Å². The number of carboxylic acids is 1. The molecule has 0 atom stereocenters. The molecule has 0 bridgehead atoms. The van der Waals surface area contributed by atoms with Gasteiger partial charge in [0.1, 0.15) is 5.56 Å². The zero-order chi connectivity index (χ0) is 15.5. The normalized spacial score (nSPS) is 10.4. The number of anilines is 2. The molecule has 5 heteroatoms. The van der Waals surface area contributed by atoms with Crippen LogP contribution in [0.4, 0.5) is 11.5 Å². The molecule has 110 valence electrons. The lowest BCUT2D eigenvalue weighted by Crippen LogP contribution is -2.02. The third kappa shape index (κ3) is 2.69. The van der Waals surface area contributed by atoms with E-state index in [9.17, 15) is 9.90 Å². The Hall–Kier alpha value is -3.08. The molecule has 0 aliphatic rings. The molecular formula is C17H15N3O2. The molecule has 22 heavy (non-hydrogen) atoms.